The number of rotatable bonds is 2. The molecule has 0 N–H and O–H groups in total. The second kappa shape index (κ2) is 3.20. The second-order valence-corrected chi connectivity index (χ2v) is 2.11. The van der Waals surface area contributed by atoms with E-state index in [0.29, 0.717) is 0 Å². The first-order valence-corrected chi connectivity index (χ1v) is 3.31. The zero-order chi connectivity index (χ0) is 7.40. The van der Waals surface area contributed by atoms with Gasteiger partial charge in [-0.25, -0.2) is 4.99 Å². The Morgan fingerprint density at radius 1 is 1.70 bits per heavy atom. The number of allylic oxidation sites excluding steroid dienone is 1. The average Bonchev–Trinajstić information content (AvgIpc) is 2.36. The van der Waals surface area contributed by atoms with Crippen molar-refractivity contribution in [3.05, 3.63) is 24.8 Å². The van der Waals surface area contributed by atoms with Crippen molar-refractivity contribution in [2.75, 3.05) is 0 Å². The Bertz CT molecular complexity index is 172. The summed E-state index contributed by atoms with van der Waals surface area (Å²) in [5.74, 6) is 0. The maximum atomic E-state index is 5.15. The third-order valence-electron chi connectivity index (χ3n) is 1.41. The van der Waals surface area contributed by atoms with Gasteiger partial charge in [-0.05, 0) is 13.0 Å². The van der Waals surface area contributed by atoms with Crippen molar-refractivity contribution in [1.29, 1.82) is 0 Å². The van der Waals surface area contributed by atoms with Crippen LogP contribution in [0.25, 0.3) is 0 Å². The van der Waals surface area contributed by atoms with Crippen LogP contribution in [0.5, 0.6) is 0 Å². The summed E-state index contributed by atoms with van der Waals surface area (Å²) in [6.45, 7) is 5.61. The van der Waals surface area contributed by atoms with Crippen LogP contribution < -0.4 is 0 Å². The third kappa shape index (κ3) is 1.26. The molecule has 1 heterocycles. The van der Waals surface area contributed by atoms with E-state index in [9.17, 15) is 0 Å². The van der Waals surface area contributed by atoms with Gasteiger partial charge in [0, 0.05) is 0 Å². The molecule has 0 spiro atoms. The van der Waals surface area contributed by atoms with E-state index in [0.717, 1.165) is 0 Å². The van der Waals surface area contributed by atoms with Gasteiger partial charge >= 0.3 is 0 Å². The predicted octanol–water partition coefficient (Wildman–Crippen LogP) is 1.54. The number of aliphatic imine (C=N–C) groups is 1. The van der Waals surface area contributed by atoms with Crippen molar-refractivity contribution in [2.24, 2.45) is 4.99 Å². The van der Waals surface area contributed by atoms with Gasteiger partial charge in [0.15, 0.2) is 6.40 Å². The Morgan fingerprint density at radius 2 is 2.50 bits per heavy atom. The molecule has 2 atom stereocenters. The number of hydrogen-bond donors (Lipinski definition) is 0. The maximum Gasteiger partial charge on any atom is 0.171 e. The van der Waals surface area contributed by atoms with Crippen LogP contribution in [0.15, 0.2) is 29.8 Å². The van der Waals surface area contributed by atoms with Crippen LogP contribution >= 0.6 is 0 Å². The Morgan fingerprint density at radius 3 is 3.10 bits per heavy atom. The Labute approximate surface area is 60.9 Å². The minimum Gasteiger partial charge on any atom is -0.474 e. The second-order valence-electron chi connectivity index (χ2n) is 2.11. The van der Waals surface area contributed by atoms with Gasteiger partial charge in [-0.2, -0.15) is 0 Å². The van der Waals surface area contributed by atoms with Gasteiger partial charge in [-0.15, -0.1) is 6.58 Å². The summed E-state index contributed by atoms with van der Waals surface area (Å²) in [4.78, 5) is 4.04. The smallest absolute Gasteiger partial charge is 0.171 e. The van der Waals surface area contributed by atoms with Gasteiger partial charge in [0.2, 0.25) is 0 Å². The van der Waals surface area contributed by atoms with E-state index in [1.807, 2.05) is 19.1 Å². The molecule has 2 heteroatoms. The summed E-state index contributed by atoms with van der Waals surface area (Å²) in [6, 6.07) is 0.108. The van der Waals surface area contributed by atoms with Crippen molar-refractivity contribution in [3.8, 4) is 0 Å². The van der Waals surface area contributed by atoms with E-state index in [1.54, 1.807) is 6.08 Å². The lowest BCUT2D eigenvalue weighted by atomic mass is 10.1. The van der Waals surface area contributed by atoms with Crippen molar-refractivity contribution in [1.82, 2.24) is 0 Å². The molecular weight excluding hydrogens is 126 g/mol. The number of nitrogens with zero attached hydrogens (tertiary/aromatic N) is 1. The van der Waals surface area contributed by atoms with E-state index in [1.165, 1.54) is 6.40 Å². The van der Waals surface area contributed by atoms with Crippen LogP contribution in [0.3, 0.4) is 0 Å². The van der Waals surface area contributed by atoms with Gasteiger partial charge in [-0.3, -0.25) is 0 Å². The highest BCUT2D eigenvalue weighted by molar-refractivity contribution is 5.51. The minimum absolute atomic E-state index is 0.0718. The predicted molar refractivity (Wildman–Crippen MR) is 42.2 cm³/mol. The molecule has 0 aromatic carbocycles. The summed E-state index contributed by atoms with van der Waals surface area (Å²) >= 11 is 0. The lowest BCUT2D eigenvalue weighted by molar-refractivity contribution is 0.266. The molecule has 0 amide bonds. The maximum absolute atomic E-state index is 5.15. The highest BCUT2D eigenvalue weighted by atomic mass is 16.5. The summed E-state index contributed by atoms with van der Waals surface area (Å²) < 4.78 is 5.15. The van der Waals surface area contributed by atoms with E-state index in [2.05, 4.69) is 11.6 Å². The van der Waals surface area contributed by atoms with Crippen LogP contribution in [-0.4, -0.2) is 18.5 Å². The van der Waals surface area contributed by atoms with Gasteiger partial charge in [0.05, 0.1) is 0 Å². The molecule has 0 saturated carbocycles. The summed E-state index contributed by atoms with van der Waals surface area (Å²) in [7, 11) is 0. The molecule has 1 aliphatic rings. The molecule has 54 valence electrons. The van der Waals surface area contributed by atoms with Gasteiger partial charge < -0.3 is 4.74 Å². The van der Waals surface area contributed by atoms with E-state index in [4.69, 9.17) is 4.74 Å². The zero-order valence-electron chi connectivity index (χ0n) is 6.03. The average molecular weight is 137 g/mol. The molecule has 0 aromatic heterocycles. The lowest BCUT2D eigenvalue weighted by Gasteiger charge is -2.07. The van der Waals surface area contributed by atoms with Crippen LogP contribution in [0.1, 0.15) is 6.92 Å². The van der Waals surface area contributed by atoms with Gasteiger partial charge in [0.25, 0.3) is 0 Å². The highest BCUT2D eigenvalue weighted by Crippen LogP contribution is 2.11. The van der Waals surface area contributed by atoms with Crippen LogP contribution in [-0.2, 0) is 4.74 Å². The molecule has 0 aliphatic carbocycles. The lowest BCUT2D eigenvalue weighted by Crippen LogP contribution is -2.16. The molecule has 2 unspecified atom stereocenters. The molecule has 0 saturated heterocycles. The molecule has 0 fully saturated rings. The Balaban J connectivity index is 2.55. The molecule has 0 radical (unpaired) electrons. The number of hydrogen-bond acceptors (Lipinski definition) is 2. The molecule has 1 rings (SSSR count). The van der Waals surface area contributed by atoms with Crippen LogP contribution in [0.2, 0.25) is 0 Å². The molecule has 0 bridgehead atoms. The van der Waals surface area contributed by atoms with E-state index < -0.39 is 0 Å². The first kappa shape index (κ1) is 7.06. The quantitative estimate of drug-likeness (QED) is 0.529. The van der Waals surface area contributed by atoms with Crippen molar-refractivity contribution >= 4 is 6.40 Å². The molecule has 10 heavy (non-hydrogen) atoms. The monoisotopic (exact) mass is 137 g/mol. The standard InChI is InChI=1S/C8H11NO/c1-3-5-8-7(4-2)9-6-10-8/h3-8H,2H2,1H3/b5-3-. The fraction of sp³-hybridized carbons (Fsp3) is 0.375. The van der Waals surface area contributed by atoms with Crippen molar-refractivity contribution in [2.45, 2.75) is 19.1 Å². The Hall–Kier alpha value is -1.05. The SMILES string of the molecule is C=CC1N=COC1/C=C\C. The normalized spacial score (nSPS) is 30.9. The topological polar surface area (TPSA) is 21.6 Å². The van der Waals surface area contributed by atoms with Crippen LogP contribution in [0, 0.1) is 0 Å². The van der Waals surface area contributed by atoms with Gasteiger partial charge in [-0.1, -0.05) is 12.2 Å². The van der Waals surface area contributed by atoms with Crippen molar-refractivity contribution in [3.63, 3.8) is 0 Å². The highest BCUT2D eigenvalue weighted by Gasteiger charge is 2.19. The minimum atomic E-state index is 0.0718. The molecule has 2 nitrogen and oxygen atoms in total. The fourth-order valence-electron chi connectivity index (χ4n) is 0.885. The van der Waals surface area contributed by atoms with E-state index >= 15 is 0 Å². The Kier molecular flexibility index (Phi) is 2.26. The molecule has 0 aromatic rings. The summed E-state index contributed by atoms with van der Waals surface area (Å²) in [5, 5.41) is 0. The summed E-state index contributed by atoms with van der Waals surface area (Å²) in [6.07, 6.45) is 7.27. The largest absolute Gasteiger partial charge is 0.474 e. The molecular formula is C8H11NO. The van der Waals surface area contributed by atoms with Crippen LogP contribution in [0.4, 0.5) is 0 Å². The first-order chi connectivity index (χ1) is 4.88. The van der Waals surface area contributed by atoms with Gasteiger partial charge in [0.1, 0.15) is 12.1 Å². The number of ether oxygens (including phenoxy) is 1. The molecule has 1 aliphatic heterocycles. The summed E-state index contributed by atoms with van der Waals surface area (Å²) in [5.41, 5.74) is 0. The van der Waals surface area contributed by atoms with Crippen molar-refractivity contribution < 1.29 is 4.74 Å². The van der Waals surface area contributed by atoms with E-state index in [-0.39, 0.29) is 12.1 Å². The first-order valence-electron chi connectivity index (χ1n) is 3.31. The zero-order valence-corrected chi connectivity index (χ0v) is 6.03. The fourth-order valence-corrected chi connectivity index (χ4v) is 0.885. The third-order valence-corrected chi connectivity index (χ3v) is 1.41.